The molecule has 4 atom stereocenters. The maximum Gasteiger partial charge on any atom is 0.319 e. The number of rotatable bonds is 10. The quantitative estimate of drug-likeness (QED) is 0.295. The molecule has 0 aromatic heterocycles. The molecule has 4 heteroatoms. The zero-order valence-corrected chi connectivity index (χ0v) is 20.7. The van der Waals surface area contributed by atoms with E-state index in [2.05, 4.69) is 54.5 Å². The normalized spacial score (nSPS) is 29.0. The molecule has 0 spiro atoms. The van der Waals surface area contributed by atoms with E-state index in [1.807, 2.05) is 13.8 Å². The number of ether oxygens (including phenoxy) is 3. The fourth-order valence-corrected chi connectivity index (χ4v) is 5.26. The van der Waals surface area contributed by atoms with Gasteiger partial charge >= 0.3 is 5.97 Å². The van der Waals surface area contributed by atoms with Crippen LogP contribution in [0, 0.1) is 28.1 Å². The summed E-state index contributed by atoms with van der Waals surface area (Å²) < 4.78 is 17.3. The smallest absolute Gasteiger partial charge is 0.319 e. The van der Waals surface area contributed by atoms with Gasteiger partial charge in [-0.15, -0.1) is 0 Å². The molecule has 170 valence electrons. The Hall–Kier alpha value is -1.03. The predicted octanol–water partition coefficient (Wildman–Crippen LogP) is 6.74. The van der Waals surface area contributed by atoms with Crippen LogP contribution in [0.2, 0.25) is 0 Å². The van der Waals surface area contributed by atoms with Gasteiger partial charge in [0.05, 0.1) is 7.11 Å². The summed E-state index contributed by atoms with van der Waals surface area (Å²) in [5.41, 5.74) is -0.798. The lowest BCUT2D eigenvalue weighted by molar-refractivity contribution is -0.165. The van der Waals surface area contributed by atoms with Gasteiger partial charge in [-0.25, -0.2) is 0 Å². The van der Waals surface area contributed by atoms with E-state index >= 15 is 0 Å². The fourth-order valence-electron chi connectivity index (χ4n) is 5.26. The third-order valence-corrected chi connectivity index (χ3v) is 7.34. The van der Waals surface area contributed by atoms with E-state index in [0.717, 1.165) is 31.4 Å². The maximum atomic E-state index is 13.3. The van der Waals surface area contributed by atoms with Crippen molar-refractivity contribution >= 4 is 5.97 Å². The summed E-state index contributed by atoms with van der Waals surface area (Å²) in [4.78, 5) is 13.3. The average molecular weight is 411 g/mol. The van der Waals surface area contributed by atoms with Crippen LogP contribution in [0.3, 0.4) is 0 Å². The molecule has 0 aliphatic heterocycles. The molecule has 4 nitrogen and oxygen atoms in total. The second-order valence-corrected chi connectivity index (χ2v) is 10.2. The number of carbonyl (C=O) groups excluding carboxylic acids is 1. The molecule has 0 heterocycles. The van der Waals surface area contributed by atoms with Crippen LogP contribution in [-0.4, -0.2) is 26.0 Å². The third-order valence-electron chi connectivity index (χ3n) is 7.34. The Morgan fingerprint density at radius 1 is 1.14 bits per heavy atom. The predicted molar refractivity (Wildman–Crippen MR) is 119 cm³/mol. The van der Waals surface area contributed by atoms with Gasteiger partial charge in [-0.1, -0.05) is 54.9 Å². The Morgan fingerprint density at radius 2 is 1.76 bits per heavy atom. The van der Waals surface area contributed by atoms with Crippen LogP contribution in [-0.2, 0) is 19.0 Å². The molecule has 29 heavy (non-hydrogen) atoms. The summed E-state index contributed by atoms with van der Waals surface area (Å²) in [7, 11) is 1.49. The molecular formula is C25H46O4. The zero-order chi connectivity index (χ0) is 22.5. The van der Waals surface area contributed by atoms with Crippen molar-refractivity contribution in [2.45, 2.75) is 101 Å². The second kappa shape index (κ2) is 10.3. The number of carbonyl (C=O) groups is 1. The van der Waals surface area contributed by atoms with Crippen LogP contribution in [0.5, 0.6) is 0 Å². The van der Waals surface area contributed by atoms with Gasteiger partial charge in [-0.3, -0.25) is 4.79 Å². The highest BCUT2D eigenvalue weighted by atomic mass is 16.7. The lowest BCUT2D eigenvalue weighted by Crippen LogP contribution is -2.47. The zero-order valence-electron chi connectivity index (χ0n) is 20.7. The monoisotopic (exact) mass is 410 g/mol. The summed E-state index contributed by atoms with van der Waals surface area (Å²) in [6, 6.07) is 0. The van der Waals surface area contributed by atoms with Crippen LogP contribution < -0.4 is 0 Å². The molecule has 0 saturated heterocycles. The number of esters is 1. The second-order valence-electron chi connectivity index (χ2n) is 10.2. The summed E-state index contributed by atoms with van der Waals surface area (Å²) in [6.07, 6.45) is 6.07. The molecule has 1 rings (SSSR count). The molecule has 0 fully saturated rings. The molecule has 0 amide bonds. The summed E-state index contributed by atoms with van der Waals surface area (Å²) in [6.45, 7) is 20.5. The van der Waals surface area contributed by atoms with E-state index in [4.69, 9.17) is 14.2 Å². The molecule has 4 unspecified atom stereocenters. The number of allylic oxidation sites excluding steroid dienone is 1. The van der Waals surface area contributed by atoms with Gasteiger partial charge in [0.15, 0.2) is 6.29 Å². The van der Waals surface area contributed by atoms with E-state index in [0.29, 0.717) is 24.9 Å². The first kappa shape index (κ1) is 26.0. The van der Waals surface area contributed by atoms with Gasteiger partial charge in [0.2, 0.25) is 0 Å². The molecule has 0 aromatic carbocycles. The summed E-state index contributed by atoms with van der Waals surface area (Å²) >= 11 is 0. The summed E-state index contributed by atoms with van der Waals surface area (Å²) in [5, 5.41) is 0. The van der Waals surface area contributed by atoms with Crippen LogP contribution in [0.15, 0.2) is 11.8 Å². The molecule has 1 aliphatic rings. The fraction of sp³-hybridized carbons (Fsp3) is 0.880. The SMILES string of the molecule is CCCC1(C(=O)OC)CC(C)(C(C)CC(C)C)C(C)(C)CC=C1OC(C)OCC. The molecule has 0 aromatic rings. The van der Waals surface area contributed by atoms with E-state index in [1.165, 1.54) is 7.11 Å². The minimum Gasteiger partial charge on any atom is -0.469 e. The highest BCUT2D eigenvalue weighted by Gasteiger charge is 2.56. The highest BCUT2D eigenvalue weighted by Crippen LogP contribution is 2.60. The van der Waals surface area contributed by atoms with E-state index < -0.39 is 11.7 Å². The largest absolute Gasteiger partial charge is 0.469 e. The van der Waals surface area contributed by atoms with Crippen molar-refractivity contribution in [3.05, 3.63) is 11.8 Å². The molecule has 0 saturated carbocycles. The topological polar surface area (TPSA) is 44.8 Å². The van der Waals surface area contributed by atoms with Gasteiger partial charge < -0.3 is 14.2 Å². The third kappa shape index (κ3) is 5.57. The first-order chi connectivity index (χ1) is 13.4. The van der Waals surface area contributed by atoms with Gasteiger partial charge in [0, 0.05) is 6.61 Å². The van der Waals surface area contributed by atoms with Crippen LogP contribution >= 0.6 is 0 Å². The minimum absolute atomic E-state index is 0.0221. The van der Waals surface area contributed by atoms with Crippen molar-refractivity contribution in [2.24, 2.45) is 28.1 Å². The highest BCUT2D eigenvalue weighted by molar-refractivity contribution is 5.80. The Labute approximate surface area is 179 Å². The standard InChI is InChI=1S/C25H46O4/c1-11-14-25(22(26)27-10)17-24(9,19(5)16-18(3)4)23(7,8)15-13-21(25)29-20(6)28-12-2/h13,18-20H,11-12,14-17H2,1-10H3. The molecule has 0 N–H and O–H groups in total. The van der Waals surface area contributed by atoms with E-state index in [9.17, 15) is 4.79 Å². The molecule has 0 bridgehead atoms. The van der Waals surface area contributed by atoms with Crippen LogP contribution in [0.25, 0.3) is 0 Å². The maximum absolute atomic E-state index is 13.3. The molecular weight excluding hydrogens is 364 g/mol. The molecule has 0 radical (unpaired) electrons. The summed E-state index contributed by atoms with van der Waals surface area (Å²) in [5.74, 6) is 1.63. The lowest BCUT2D eigenvalue weighted by Gasteiger charge is -2.51. The van der Waals surface area contributed by atoms with Crippen LogP contribution in [0.4, 0.5) is 0 Å². The Balaban J connectivity index is 3.56. The Bertz CT molecular complexity index is 565. The van der Waals surface area contributed by atoms with Gasteiger partial charge in [-0.05, 0) is 68.3 Å². The average Bonchev–Trinajstić information content (AvgIpc) is 2.70. The number of methoxy groups -OCH3 is 1. The minimum atomic E-state index is -0.775. The molecule has 1 aliphatic carbocycles. The van der Waals surface area contributed by atoms with Crippen molar-refractivity contribution in [2.75, 3.05) is 13.7 Å². The van der Waals surface area contributed by atoms with E-state index in [1.54, 1.807) is 0 Å². The van der Waals surface area contributed by atoms with Crippen molar-refractivity contribution in [1.29, 1.82) is 0 Å². The van der Waals surface area contributed by atoms with Crippen LogP contribution in [0.1, 0.15) is 94.4 Å². The Morgan fingerprint density at radius 3 is 2.24 bits per heavy atom. The first-order valence-corrected chi connectivity index (χ1v) is 11.5. The number of hydrogen-bond acceptors (Lipinski definition) is 4. The van der Waals surface area contributed by atoms with Crippen molar-refractivity contribution in [1.82, 2.24) is 0 Å². The van der Waals surface area contributed by atoms with E-state index in [-0.39, 0.29) is 16.8 Å². The first-order valence-electron chi connectivity index (χ1n) is 11.5. The van der Waals surface area contributed by atoms with Gasteiger partial charge in [-0.2, -0.15) is 0 Å². The van der Waals surface area contributed by atoms with Gasteiger partial charge in [0.25, 0.3) is 0 Å². The van der Waals surface area contributed by atoms with Gasteiger partial charge in [0.1, 0.15) is 11.2 Å². The van der Waals surface area contributed by atoms with Crippen molar-refractivity contribution in [3.8, 4) is 0 Å². The lowest BCUT2D eigenvalue weighted by atomic mass is 9.53. The Kier molecular flexibility index (Phi) is 9.26. The number of hydrogen-bond donors (Lipinski definition) is 0. The van der Waals surface area contributed by atoms with Crippen molar-refractivity contribution in [3.63, 3.8) is 0 Å². The van der Waals surface area contributed by atoms with Crippen molar-refractivity contribution < 1.29 is 19.0 Å².